The van der Waals surface area contributed by atoms with Gasteiger partial charge in [0.25, 0.3) is 0 Å². The van der Waals surface area contributed by atoms with Crippen LogP contribution in [0.2, 0.25) is 0 Å². The van der Waals surface area contributed by atoms with Gasteiger partial charge in [0, 0.05) is 18.3 Å². The van der Waals surface area contributed by atoms with E-state index >= 15 is 0 Å². The number of alkyl halides is 3. The molecule has 0 radical (unpaired) electrons. The van der Waals surface area contributed by atoms with Crippen LogP contribution in [0.15, 0.2) is 54.7 Å². The normalized spacial score (nSPS) is 11.8. The molecule has 3 aromatic rings. The van der Waals surface area contributed by atoms with Crippen LogP contribution in [0.3, 0.4) is 0 Å². The lowest BCUT2D eigenvalue weighted by Gasteiger charge is -2.09. The number of carbonyl (C=O) groups excluding carboxylic acids is 1. The lowest BCUT2D eigenvalue weighted by molar-refractivity contribution is -0.137. The highest BCUT2D eigenvalue weighted by Crippen LogP contribution is 2.29. The van der Waals surface area contributed by atoms with Crippen LogP contribution in [0.1, 0.15) is 16.8 Å². The van der Waals surface area contributed by atoms with Crippen molar-refractivity contribution >= 4 is 17.8 Å². The topological polar surface area (TPSA) is 59.8 Å². The van der Waals surface area contributed by atoms with Crippen molar-refractivity contribution in [3.8, 4) is 5.82 Å². The molecule has 0 fully saturated rings. The lowest BCUT2D eigenvalue weighted by atomic mass is 10.2. The Labute approximate surface area is 157 Å². The maximum atomic E-state index is 12.9. The summed E-state index contributed by atoms with van der Waals surface area (Å²) in [5, 5.41) is 6.74. The highest BCUT2D eigenvalue weighted by Gasteiger charge is 2.30. The van der Waals surface area contributed by atoms with E-state index in [-0.39, 0.29) is 17.5 Å². The van der Waals surface area contributed by atoms with E-state index in [4.69, 9.17) is 0 Å². The van der Waals surface area contributed by atoms with Crippen LogP contribution in [0.25, 0.3) is 11.9 Å². The van der Waals surface area contributed by atoms with Crippen molar-refractivity contribution < 1.29 is 22.4 Å². The fourth-order valence-electron chi connectivity index (χ4n) is 2.36. The average Bonchev–Trinajstić information content (AvgIpc) is 3.01. The molecule has 144 valence electrons. The van der Waals surface area contributed by atoms with Crippen molar-refractivity contribution in [2.75, 3.05) is 5.32 Å². The summed E-state index contributed by atoms with van der Waals surface area (Å²) in [6, 6.07) is 9.18. The van der Waals surface area contributed by atoms with Gasteiger partial charge in [-0.1, -0.05) is 12.1 Å². The molecule has 0 spiro atoms. The number of aromatic nitrogens is 3. The molecule has 9 heteroatoms. The molecule has 0 aliphatic rings. The fourth-order valence-corrected chi connectivity index (χ4v) is 2.36. The second-order valence-electron chi connectivity index (χ2n) is 5.86. The van der Waals surface area contributed by atoms with Crippen LogP contribution in [-0.4, -0.2) is 20.7 Å². The number of halogens is 4. The molecule has 0 aliphatic heterocycles. The second-order valence-corrected chi connectivity index (χ2v) is 5.86. The Kier molecular flexibility index (Phi) is 5.25. The average molecular weight is 390 g/mol. The Morgan fingerprint density at radius 3 is 2.46 bits per heavy atom. The van der Waals surface area contributed by atoms with E-state index in [1.165, 1.54) is 47.2 Å². The van der Waals surface area contributed by atoms with Gasteiger partial charge in [-0.05, 0) is 42.8 Å². The van der Waals surface area contributed by atoms with E-state index in [0.29, 0.717) is 17.5 Å². The molecule has 3 rings (SSSR count). The first-order valence-corrected chi connectivity index (χ1v) is 8.07. The molecule has 5 nitrogen and oxygen atoms in total. The summed E-state index contributed by atoms with van der Waals surface area (Å²) in [5.74, 6) is -0.500. The van der Waals surface area contributed by atoms with E-state index in [1.54, 1.807) is 13.0 Å². The quantitative estimate of drug-likeness (QED) is 0.531. The van der Waals surface area contributed by atoms with E-state index in [0.717, 1.165) is 6.07 Å². The summed E-state index contributed by atoms with van der Waals surface area (Å²) in [6.07, 6.45) is -1.04. The molecular formula is C19H14F4N4O. The molecule has 1 aromatic carbocycles. The number of anilines is 1. The first-order valence-electron chi connectivity index (χ1n) is 8.07. The molecule has 2 heterocycles. The van der Waals surface area contributed by atoms with Gasteiger partial charge in [-0.15, -0.1) is 0 Å². The first-order chi connectivity index (χ1) is 13.2. The third kappa shape index (κ3) is 4.61. The summed E-state index contributed by atoms with van der Waals surface area (Å²) >= 11 is 0. The van der Waals surface area contributed by atoms with Crippen molar-refractivity contribution in [2.24, 2.45) is 0 Å². The fraction of sp³-hybridized carbons (Fsp3) is 0.105. The zero-order valence-corrected chi connectivity index (χ0v) is 14.5. The van der Waals surface area contributed by atoms with Crippen LogP contribution in [0.4, 0.5) is 23.4 Å². The Morgan fingerprint density at radius 1 is 1.14 bits per heavy atom. The number of pyridine rings is 1. The number of hydrogen-bond acceptors (Lipinski definition) is 3. The standard InChI is InChI=1S/C19H14F4N4O/c1-12-10-17(25-18(28)9-4-13-2-6-15(20)7-3-13)27(26-12)16-8-5-14(11-24-16)19(21,22)23/h2-11H,1H3,(H,25,28)/b9-4+. The zero-order chi connectivity index (χ0) is 20.3. The van der Waals surface area contributed by atoms with Gasteiger partial charge in [0.05, 0.1) is 11.3 Å². The van der Waals surface area contributed by atoms with Crippen molar-refractivity contribution in [1.29, 1.82) is 0 Å². The van der Waals surface area contributed by atoms with Gasteiger partial charge in [0.2, 0.25) is 5.91 Å². The predicted molar refractivity (Wildman–Crippen MR) is 95.2 cm³/mol. The molecule has 0 atom stereocenters. The number of nitrogens with one attached hydrogen (secondary N) is 1. The number of benzene rings is 1. The van der Waals surface area contributed by atoms with Crippen molar-refractivity contribution in [3.63, 3.8) is 0 Å². The minimum Gasteiger partial charge on any atom is -0.307 e. The van der Waals surface area contributed by atoms with Gasteiger partial charge >= 0.3 is 6.18 Å². The van der Waals surface area contributed by atoms with Gasteiger partial charge in [-0.25, -0.2) is 9.37 Å². The van der Waals surface area contributed by atoms with Crippen LogP contribution in [0.5, 0.6) is 0 Å². The summed E-state index contributed by atoms with van der Waals surface area (Å²) in [6.45, 7) is 1.67. The summed E-state index contributed by atoms with van der Waals surface area (Å²) < 4.78 is 52.2. The number of rotatable bonds is 4. The largest absolute Gasteiger partial charge is 0.417 e. The van der Waals surface area contributed by atoms with E-state index in [9.17, 15) is 22.4 Å². The molecule has 28 heavy (non-hydrogen) atoms. The van der Waals surface area contributed by atoms with Crippen molar-refractivity contribution in [1.82, 2.24) is 14.8 Å². The maximum absolute atomic E-state index is 12.9. The Balaban J connectivity index is 1.78. The third-order valence-corrected chi connectivity index (χ3v) is 3.67. The minimum absolute atomic E-state index is 0.124. The minimum atomic E-state index is -4.49. The summed E-state index contributed by atoms with van der Waals surface area (Å²) in [4.78, 5) is 15.9. The number of amides is 1. The van der Waals surface area contributed by atoms with Crippen LogP contribution in [0, 0.1) is 12.7 Å². The third-order valence-electron chi connectivity index (χ3n) is 3.67. The van der Waals surface area contributed by atoms with Crippen molar-refractivity contribution in [3.05, 3.63) is 77.4 Å². The smallest absolute Gasteiger partial charge is 0.307 e. The molecule has 0 aliphatic carbocycles. The van der Waals surface area contributed by atoms with Gasteiger partial charge in [-0.3, -0.25) is 4.79 Å². The number of carbonyl (C=O) groups is 1. The lowest BCUT2D eigenvalue weighted by Crippen LogP contribution is -2.13. The molecule has 2 aromatic heterocycles. The van der Waals surface area contributed by atoms with Gasteiger partial charge in [-0.2, -0.15) is 23.0 Å². The first kappa shape index (κ1) is 19.3. The molecule has 0 bridgehead atoms. The Morgan fingerprint density at radius 2 is 1.86 bits per heavy atom. The van der Waals surface area contributed by atoms with Crippen LogP contribution in [-0.2, 0) is 11.0 Å². The molecule has 1 amide bonds. The van der Waals surface area contributed by atoms with Crippen molar-refractivity contribution in [2.45, 2.75) is 13.1 Å². The zero-order valence-electron chi connectivity index (χ0n) is 14.5. The molecule has 0 unspecified atom stereocenters. The number of hydrogen-bond donors (Lipinski definition) is 1. The number of nitrogens with zero attached hydrogens (tertiary/aromatic N) is 3. The monoisotopic (exact) mass is 390 g/mol. The summed E-state index contributed by atoms with van der Waals surface area (Å²) in [5.41, 5.74) is 0.290. The van der Waals surface area contributed by atoms with Gasteiger partial charge < -0.3 is 5.32 Å². The van der Waals surface area contributed by atoms with Crippen LogP contribution >= 0.6 is 0 Å². The SMILES string of the molecule is Cc1cc(NC(=O)/C=C/c2ccc(F)cc2)n(-c2ccc(C(F)(F)F)cn2)n1. The summed E-state index contributed by atoms with van der Waals surface area (Å²) in [7, 11) is 0. The van der Waals surface area contributed by atoms with E-state index < -0.39 is 17.6 Å². The van der Waals surface area contributed by atoms with Gasteiger partial charge in [0.15, 0.2) is 5.82 Å². The van der Waals surface area contributed by atoms with E-state index in [2.05, 4.69) is 15.4 Å². The highest BCUT2D eigenvalue weighted by atomic mass is 19.4. The van der Waals surface area contributed by atoms with Gasteiger partial charge in [0.1, 0.15) is 11.6 Å². The molecule has 0 saturated heterocycles. The maximum Gasteiger partial charge on any atom is 0.417 e. The second kappa shape index (κ2) is 7.63. The Hall–Kier alpha value is -3.49. The van der Waals surface area contributed by atoms with E-state index in [1.807, 2.05) is 0 Å². The predicted octanol–water partition coefficient (Wildman–Crippen LogP) is 4.39. The molecule has 0 saturated carbocycles. The highest BCUT2D eigenvalue weighted by molar-refractivity contribution is 6.01. The Bertz CT molecular complexity index is 1010. The number of aryl methyl sites for hydroxylation is 1. The molecule has 1 N–H and O–H groups in total. The van der Waals surface area contributed by atoms with Crippen LogP contribution < -0.4 is 5.32 Å². The molecular weight excluding hydrogens is 376 g/mol.